The van der Waals surface area contributed by atoms with Crippen LogP contribution in [0.3, 0.4) is 0 Å². The van der Waals surface area contributed by atoms with Crippen LogP contribution in [0.5, 0.6) is 0 Å². The molecular formula is C23H29N5O7. The Kier molecular flexibility index (Phi) is 9.94. The van der Waals surface area contributed by atoms with Crippen molar-refractivity contribution >= 4 is 35.5 Å². The topological polar surface area (TPSA) is 168 Å². The van der Waals surface area contributed by atoms with E-state index in [1.54, 1.807) is 31.2 Å². The molecule has 1 saturated heterocycles. The number of primary amides is 1. The number of benzene rings is 1. The third-order valence-electron chi connectivity index (χ3n) is 5.03. The number of nitrogens with two attached hydrogens (primary N) is 1. The molecule has 188 valence electrons. The third kappa shape index (κ3) is 8.25. The van der Waals surface area contributed by atoms with Gasteiger partial charge >= 0.3 is 5.97 Å². The van der Waals surface area contributed by atoms with E-state index in [1.165, 1.54) is 11.8 Å². The number of carbonyl (C=O) groups excluding carboxylic acids is 6. The van der Waals surface area contributed by atoms with Gasteiger partial charge in [0.15, 0.2) is 0 Å². The van der Waals surface area contributed by atoms with E-state index in [1.807, 2.05) is 0 Å². The van der Waals surface area contributed by atoms with E-state index in [0.717, 1.165) is 17.7 Å². The highest BCUT2D eigenvalue weighted by molar-refractivity contribution is 6.00. The Morgan fingerprint density at radius 2 is 1.83 bits per heavy atom. The summed E-state index contributed by atoms with van der Waals surface area (Å²) in [7, 11) is 0. The molecule has 0 saturated carbocycles. The number of likely N-dealkylation sites (tertiary alicyclic amines) is 1. The van der Waals surface area contributed by atoms with Crippen LogP contribution >= 0.6 is 0 Å². The van der Waals surface area contributed by atoms with Gasteiger partial charge in [-0.3, -0.25) is 29.4 Å². The quantitative estimate of drug-likeness (QED) is 0.237. The van der Waals surface area contributed by atoms with Crippen LogP contribution in [0.25, 0.3) is 0 Å². The van der Waals surface area contributed by atoms with Gasteiger partial charge in [-0.1, -0.05) is 12.1 Å². The lowest BCUT2D eigenvalue weighted by molar-refractivity contribution is -0.142. The van der Waals surface area contributed by atoms with Gasteiger partial charge in [-0.25, -0.2) is 9.80 Å². The van der Waals surface area contributed by atoms with E-state index in [2.05, 4.69) is 10.7 Å². The summed E-state index contributed by atoms with van der Waals surface area (Å²) in [5.41, 5.74) is 8.67. The number of hydrogen-bond donors (Lipinski definition) is 3. The van der Waals surface area contributed by atoms with Gasteiger partial charge in [0.25, 0.3) is 17.7 Å². The van der Waals surface area contributed by atoms with Crippen LogP contribution in [-0.2, 0) is 35.3 Å². The molecule has 12 nitrogen and oxygen atoms in total. The zero-order valence-electron chi connectivity index (χ0n) is 19.6. The first kappa shape index (κ1) is 27.0. The summed E-state index contributed by atoms with van der Waals surface area (Å²) in [6, 6.07) is 5.75. The molecule has 1 heterocycles. The number of nitrogens with one attached hydrogen (secondary N) is 2. The SMILES string of the molecule is CCOC(=O)/C=C/C(=O)N(CC(N)=O)NC(=O)[C@@H]1CCCN1C(=O)c1ccc(CNC(C)=O)cc1. The lowest BCUT2D eigenvalue weighted by Crippen LogP contribution is -2.55. The molecule has 1 aliphatic rings. The Balaban J connectivity index is 2.09. The van der Waals surface area contributed by atoms with Crippen molar-refractivity contribution in [1.82, 2.24) is 20.7 Å². The Bertz CT molecular complexity index is 1010. The molecule has 1 aromatic carbocycles. The normalized spacial score (nSPS) is 14.9. The van der Waals surface area contributed by atoms with Gasteiger partial charge in [-0.15, -0.1) is 0 Å². The summed E-state index contributed by atoms with van der Waals surface area (Å²) in [4.78, 5) is 73.6. The van der Waals surface area contributed by atoms with Crippen molar-refractivity contribution in [2.75, 3.05) is 19.7 Å². The number of nitrogens with zero attached hydrogens (tertiary/aromatic N) is 2. The van der Waals surface area contributed by atoms with Gasteiger partial charge in [0, 0.05) is 37.7 Å². The molecule has 0 spiro atoms. The minimum atomic E-state index is -0.887. The lowest BCUT2D eigenvalue weighted by atomic mass is 10.1. The van der Waals surface area contributed by atoms with Gasteiger partial charge in [0.2, 0.25) is 11.8 Å². The molecule has 0 aliphatic carbocycles. The largest absolute Gasteiger partial charge is 0.463 e. The van der Waals surface area contributed by atoms with Crippen LogP contribution in [-0.4, -0.2) is 71.2 Å². The van der Waals surface area contributed by atoms with Crippen molar-refractivity contribution in [2.45, 2.75) is 39.3 Å². The minimum Gasteiger partial charge on any atom is -0.463 e. The smallest absolute Gasteiger partial charge is 0.330 e. The molecule has 0 bridgehead atoms. The Morgan fingerprint density at radius 1 is 1.14 bits per heavy atom. The van der Waals surface area contributed by atoms with Crippen molar-refractivity contribution in [2.24, 2.45) is 5.73 Å². The molecule has 4 N–H and O–H groups in total. The molecule has 1 aliphatic heterocycles. The number of esters is 1. The number of amides is 5. The van der Waals surface area contributed by atoms with Crippen LogP contribution in [0.2, 0.25) is 0 Å². The van der Waals surface area contributed by atoms with Crippen molar-refractivity contribution in [3.63, 3.8) is 0 Å². The van der Waals surface area contributed by atoms with Crippen LogP contribution < -0.4 is 16.5 Å². The first-order chi connectivity index (χ1) is 16.6. The number of carbonyl (C=O) groups is 6. The van der Waals surface area contributed by atoms with Gasteiger partial charge in [0.1, 0.15) is 12.6 Å². The summed E-state index contributed by atoms with van der Waals surface area (Å²) < 4.78 is 4.69. The molecule has 0 unspecified atom stereocenters. The zero-order valence-corrected chi connectivity index (χ0v) is 19.6. The summed E-state index contributed by atoms with van der Waals surface area (Å²) in [6.45, 7) is 3.15. The van der Waals surface area contributed by atoms with E-state index in [0.29, 0.717) is 36.5 Å². The highest BCUT2D eigenvalue weighted by Gasteiger charge is 2.35. The van der Waals surface area contributed by atoms with Crippen LogP contribution in [0.4, 0.5) is 0 Å². The fourth-order valence-electron chi connectivity index (χ4n) is 3.40. The molecule has 0 aromatic heterocycles. The summed E-state index contributed by atoms with van der Waals surface area (Å²) in [5.74, 6) is -3.73. The Labute approximate surface area is 202 Å². The van der Waals surface area contributed by atoms with Gasteiger partial charge in [0.05, 0.1) is 6.61 Å². The molecular weight excluding hydrogens is 458 g/mol. The first-order valence-corrected chi connectivity index (χ1v) is 11.0. The molecule has 12 heteroatoms. The predicted molar refractivity (Wildman–Crippen MR) is 123 cm³/mol. The summed E-state index contributed by atoms with van der Waals surface area (Å²) >= 11 is 0. The average Bonchev–Trinajstić information content (AvgIpc) is 3.30. The first-order valence-electron chi connectivity index (χ1n) is 11.0. The fraction of sp³-hybridized carbons (Fsp3) is 0.391. The summed E-state index contributed by atoms with van der Waals surface area (Å²) in [6.07, 6.45) is 2.64. The van der Waals surface area contributed by atoms with Crippen molar-refractivity contribution in [1.29, 1.82) is 0 Å². The monoisotopic (exact) mass is 487 g/mol. The van der Waals surface area contributed by atoms with Crippen molar-refractivity contribution in [3.8, 4) is 0 Å². The standard InChI is InChI=1S/C23H29N5O7/c1-3-35-21(32)11-10-20(31)28(14-19(24)30)26-22(33)18-5-4-12-27(18)23(34)17-8-6-16(7-9-17)13-25-15(2)29/h6-11,18H,3-5,12-14H2,1-2H3,(H2,24,30)(H,25,29)(H,26,33)/b11-10+/t18-/m0/s1. The fourth-order valence-corrected chi connectivity index (χ4v) is 3.40. The second-order valence-corrected chi connectivity index (χ2v) is 7.72. The van der Waals surface area contributed by atoms with Crippen LogP contribution in [0.15, 0.2) is 36.4 Å². The van der Waals surface area contributed by atoms with E-state index in [4.69, 9.17) is 10.5 Å². The van der Waals surface area contributed by atoms with E-state index < -0.39 is 36.3 Å². The van der Waals surface area contributed by atoms with Crippen molar-refractivity contribution in [3.05, 3.63) is 47.5 Å². The zero-order chi connectivity index (χ0) is 26.0. The molecule has 1 atom stereocenters. The van der Waals surface area contributed by atoms with Gasteiger partial charge in [-0.2, -0.15) is 0 Å². The van der Waals surface area contributed by atoms with Gasteiger partial charge in [-0.05, 0) is 37.5 Å². The maximum Gasteiger partial charge on any atom is 0.330 e. The Morgan fingerprint density at radius 3 is 2.43 bits per heavy atom. The highest BCUT2D eigenvalue weighted by atomic mass is 16.5. The highest BCUT2D eigenvalue weighted by Crippen LogP contribution is 2.21. The second kappa shape index (κ2) is 12.9. The summed E-state index contributed by atoms with van der Waals surface area (Å²) in [5, 5.41) is 3.35. The predicted octanol–water partition coefficient (Wildman–Crippen LogP) is -0.608. The van der Waals surface area contributed by atoms with Crippen LogP contribution in [0, 0.1) is 0 Å². The molecule has 2 rings (SSSR count). The van der Waals surface area contributed by atoms with E-state index in [9.17, 15) is 28.8 Å². The van der Waals surface area contributed by atoms with E-state index in [-0.39, 0.29) is 18.4 Å². The minimum absolute atomic E-state index is 0.114. The Hall–Kier alpha value is -4.22. The molecule has 5 amide bonds. The molecule has 1 aromatic rings. The molecule has 1 fully saturated rings. The van der Waals surface area contributed by atoms with Crippen molar-refractivity contribution < 1.29 is 33.5 Å². The maximum atomic E-state index is 13.0. The second-order valence-electron chi connectivity index (χ2n) is 7.72. The van der Waals surface area contributed by atoms with E-state index >= 15 is 0 Å². The average molecular weight is 488 g/mol. The molecule has 35 heavy (non-hydrogen) atoms. The van der Waals surface area contributed by atoms with Gasteiger partial charge < -0.3 is 20.7 Å². The maximum absolute atomic E-state index is 13.0. The number of hydrazine groups is 1. The third-order valence-corrected chi connectivity index (χ3v) is 5.03. The number of ether oxygens (including phenoxy) is 1. The molecule has 0 radical (unpaired) electrons. The lowest BCUT2D eigenvalue weighted by Gasteiger charge is -2.27. The number of hydrogen-bond acceptors (Lipinski definition) is 7. The number of rotatable bonds is 9. The van der Waals surface area contributed by atoms with Crippen LogP contribution in [0.1, 0.15) is 42.6 Å².